The smallest absolute Gasteiger partial charge is 0.308 e. The Hall–Kier alpha value is -1.30. The van der Waals surface area contributed by atoms with Crippen molar-refractivity contribution in [2.24, 2.45) is 0 Å². The molecule has 1 rings (SSSR count). The maximum absolute atomic E-state index is 11.0. The van der Waals surface area contributed by atoms with Gasteiger partial charge in [0.05, 0.1) is 26.7 Å². The molecule has 1 aromatic rings. The highest BCUT2D eigenvalue weighted by Gasteiger charge is 2.09. The van der Waals surface area contributed by atoms with Crippen LogP contribution in [0.15, 0.2) is 18.2 Å². The van der Waals surface area contributed by atoms with Crippen LogP contribution in [0.3, 0.4) is 0 Å². The number of methoxy groups -OCH3 is 2. The van der Waals surface area contributed by atoms with Gasteiger partial charge in [-0.1, -0.05) is 17.7 Å². The summed E-state index contributed by atoms with van der Waals surface area (Å²) in [5.74, 6) is 0.373. The minimum absolute atomic E-state index is 0.208. The van der Waals surface area contributed by atoms with Crippen LogP contribution in [0, 0.1) is 0 Å². The molecule has 0 atom stereocenters. The molecule has 0 saturated carbocycles. The predicted octanol–water partition coefficient (Wildman–Crippen LogP) is 2.02. The Kier molecular flexibility index (Phi) is 8.02. The molecule has 0 aliphatic heterocycles. The van der Waals surface area contributed by atoms with Crippen molar-refractivity contribution in [2.75, 3.05) is 34.0 Å². The van der Waals surface area contributed by atoms with E-state index in [1.807, 2.05) is 18.2 Å². The SMILES string of the molecule is COCCNCc1c(Cl)cccc1OCCC(=O)OC. The minimum atomic E-state index is -0.299. The van der Waals surface area contributed by atoms with Gasteiger partial charge in [-0.25, -0.2) is 0 Å². The highest BCUT2D eigenvalue weighted by Crippen LogP contribution is 2.26. The number of hydrogen-bond acceptors (Lipinski definition) is 5. The zero-order chi connectivity index (χ0) is 14.8. The first-order valence-electron chi connectivity index (χ1n) is 6.35. The van der Waals surface area contributed by atoms with E-state index in [1.165, 1.54) is 7.11 Å². The van der Waals surface area contributed by atoms with Gasteiger partial charge in [-0.15, -0.1) is 0 Å². The van der Waals surface area contributed by atoms with E-state index in [4.69, 9.17) is 21.1 Å². The van der Waals surface area contributed by atoms with Crippen LogP contribution < -0.4 is 10.1 Å². The van der Waals surface area contributed by atoms with Gasteiger partial charge in [0.25, 0.3) is 0 Å². The van der Waals surface area contributed by atoms with Crippen LogP contribution in [0.2, 0.25) is 5.02 Å². The number of esters is 1. The van der Waals surface area contributed by atoms with E-state index in [2.05, 4.69) is 10.1 Å². The van der Waals surface area contributed by atoms with E-state index in [0.29, 0.717) is 23.9 Å². The Labute approximate surface area is 124 Å². The van der Waals surface area contributed by atoms with Crippen LogP contribution in [0.4, 0.5) is 0 Å². The van der Waals surface area contributed by atoms with Crippen molar-refractivity contribution in [2.45, 2.75) is 13.0 Å². The third-order valence-electron chi connectivity index (χ3n) is 2.65. The van der Waals surface area contributed by atoms with Gasteiger partial charge >= 0.3 is 5.97 Å². The molecule has 0 spiro atoms. The first-order chi connectivity index (χ1) is 9.69. The van der Waals surface area contributed by atoms with E-state index in [1.54, 1.807) is 7.11 Å². The van der Waals surface area contributed by atoms with Crippen LogP contribution in [0.1, 0.15) is 12.0 Å². The zero-order valence-electron chi connectivity index (χ0n) is 11.8. The molecule has 0 bridgehead atoms. The molecule has 0 aliphatic carbocycles. The van der Waals surface area contributed by atoms with Crippen molar-refractivity contribution >= 4 is 17.6 Å². The molecule has 0 aromatic heterocycles. The Balaban J connectivity index is 2.55. The fourth-order valence-corrected chi connectivity index (χ4v) is 1.81. The lowest BCUT2D eigenvalue weighted by Crippen LogP contribution is -2.19. The lowest BCUT2D eigenvalue weighted by molar-refractivity contribution is -0.141. The molecule has 0 radical (unpaired) electrons. The van der Waals surface area contributed by atoms with Crippen molar-refractivity contribution < 1.29 is 19.0 Å². The third kappa shape index (κ3) is 5.77. The summed E-state index contributed by atoms with van der Waals surface area (Å²) in [5, 5.41) is 3.84. The summed E-state index contributed by atoms with van der Waals surface area (Å²) in [5.41, 5.74) is 0.870. The summed E-state index contributed by atoms with van der Waals surface area (Å²) in [6.45, 7) is 2.20. The highest BCUT2D eigenvalue weighted by molar-refractivity contribution is 6.31. The van der Waals surface area contributed by atoms with Crippen LogP contribution in [-0.2, 0) is 20.8 Å². The largest absolute Gasteiger partial charge is 0.493 e. The molecule has 0 amide bonds. The second-order valence-electron chi connectivity index (χ2n) is 4.06. The molecule has 6 heteroatoms. The van der Waals surface area contributed by atoms with Gasteiger partial charge < -0.3 is 19.5 Å². The number of nitrogens with one attached hydrogen (secondary N) is 1. The molecule has 1 N–H and O–H groups in total. The van der Waals surface area contributed by atoms with Gasteiger partial charge in [-0.2, -0.15) is 0 Å². The summed E-state index contributed by atoms with van der Waals surface area (Å²) in [4.78, 5) is 11.0. The van der Waals surface area contributed by atoms with Crippen LogP contribution in [-0.4, -0.2) is 39.9 Å². The number of carbonyl (C=O) groups is 1. The van der Waals surface area contributed by atoms with Gasteiger partial charge in [-0.05, 0) is 12.1 Å². The molecule has 112 valence electrons. The number of halogens is 1. The Bertz CT molecular complexity index is 426. The summed E-state index contributed by atoms with van der Waals surface area (Å²) in [7, 11) is 3.01. The number of hydrogen-bond donors (Lipinski definition) is 1. The van der Waals surface area contributed by atoms with Crippen LogP contribution >= 0.6 is 11.6 Å². The van der Waals surface area contributed by atoms with Gasteiger partial charge in [0.2, 0.25) is 0 Å². The quantitative estimate of drug-likeness (QED) is 0.558. The fourth-order valence-electron chi connectivity index (χ4n) is 1.58. The zero-order valence-corrected chi connectivity index (χ0v) is 12.5. The van der Waals surface area contributed by atoms with Crippen LogP contribution in [0.25, 0.3) is 0 Å². The number of benzene rings is 1. The fraction of sp³-hybridized carbons (Fsp3) is 0.500. The number of ether oxygens (including phenoxy) is 3. The van der Waals surface area contributed by atoms with Crippen molar-refractivity contribution in [1.82, 2.24) is 5.32 Å². The van der Waals surface area contributed by atoms with E-state index in [-0.39, 0.29) is 19.0 Å². The number of rotatable bonds is 9. The molecule has 0 saturated heterocycles. The highest BCUT2D eigenvalue weighted by atomic mass is 35.5. The molecule has 0 fully saturated rings. The van der Waals surface area contributed by atoms with Crippen molar-refractivity contribution in [1.29, 1.82) is 0 Å². The van der Waals surface area contributed by atoms with Gasteiger partial charge in [0.1, 0.15) is 5.75 Å². The normalized spacial score (nSPS) is 10.3. The monoisotopic (exact) mass is 301 g/mol. The summed E-state index contributed by atoms with van der Waals surface area (Å²) >= 11 is 6.17. The van der Waals surface area contributed by atoms with Gasteiger partial charge in [-0.3, -0.25) is 4.79 Å². The molecule has 0 unspecified atom stereocenters. The van der Waals surface area contributed by atoms with E-state index in [0.717, 1.165) is 12.1 Å². The molecule has 5 nitrogen and oxygen atoms in total. The first-order valence-corrected chi connectivity index (χ1v) is 6.73. The van der Waals surface area contributed by atoms with Gasteiger partial charge in [0.15, 0.2) is 0 Å². The average Bonchev–Trinajstić information content (AvgIpc) is 2.45. The van der Waals surface area contributed by atoms with Crippen molar-refractivity contribution in [3.63, 3.8) is 0 Å². The first kappa shape index (κ1) is 16.8. The molecule has 0 aliphatic rings. The maximum atomic E-state index is 11.0. The second-order valence-corrected chi connectivity index (χ2v) is 4.47. The molecule has 20 heavy (non-hydrogen) atoms. The van der Waals surface area contributed by atoms with Crippen molar-refractivity contribution in [3.05, 3.63) is 28.8 Å². The lowest BCUT2D eigenvalue weighted by Gasteiger charge is -2.13. The predicted molar refractivity (Wildman–Crippen MR) is 77.2 cm³/mol. The number of carbonyl (C=O) groups excluding carboxylic acids is 1. The van der Waals surface area contributed by atoms with Crippen molar-refractivity contribution in [3.8, 4) is 5.75 Å². The van der Waals surface area contributed by atoms with E-state index in [9.17, 15) is 4.79 Å². The molecular weight excluding hydrogens is 282 g/mol. The molecule has 1 aromatic carbocycles. The van der Waals surface area contributed by atoms with E-state index >= 15 is 0 Å². The summed E-state index contributed by atoms with van der Waals surface area (Å²) in [6.07, 6.45) is 0.208. The maximum Gasteiger partial charge on any atom is 0.308 e. The van der Waals surface area contributed by atoms with Crippen LogP contribution in [0.5, 0.6) is 5.75 Å². The lowest BCUT2D eigenvalue weighted by atomic mass is 10.2. The minimum Gasteiger partial charge on any atom is -0.493 e. The Morgan fingerprint density at radius 3 is 2.80 bits per heavy atom. The summed E-state index contributed by atoms with van der Waals surface area (Å²) in [6, 6.07) is 5.45. The van der Waals surface area contributed by atoms with E-state index < -0.39 is 0 Å². The molecular formula is C14H20ClNO4. The third-order valence-corrected chi connectivity index (χ3v) is 3.01. The summed E-state index contributed by atoms with van der Waals surface area (Å²) < 4.78 is 15.1. The Morgan fingerprint density at radius 2 is 2.10 bits per heavy atom. The van der Waals surface area contributed by atoms with Gasteiger partial charge in [0, 0.05) is 30.8 Å². The topological polar surface area (TPSA) is 56.8 Å². The standard InChI is InChI=1S/C14H20ClNO4/c1-18-9-7-16-10-11-12(15)4-3-5-13(11)20-8-6-14(17)19-2/h3-5,16H,6-10H2,1-2H3. The Morgan fingerprint density at radius 1 is 1.30 bits per heavy atom. The second kappa shape index (κ2) is 9.58. The average molecular weight is 302 g/mol. The molecule has 0 heterocycles.